The molecule has 0 aliphatic heterocycles. The van der Waals surface area contributed by atoms with Gasteiger partial charge in [0.05, 0.1) is 22.9 Å². The zero-order valence-corrected chi connectivity index (χ0v) is 17.9. The number of amides is 1. The molecule has 2 aromatic rings. The number of hydrogen-bond donors (Lipinski definition) is 1. The van der Waals surface area contributed by atoms with Gasteiger partial charge in [0, 0.05) is 23.7 Å². The lowest BCUT2D eigenvalue weighted by Crippen LogP contribution is -2.29. The minimum Gasteiger partial charge on any atom is -0.398 e. The molecule has 0 aliphatic carbocycles. The zero-order chi connectivity index (χ0) is 23.9. The lowest BCUT2D eigenvalue weighted by Gasteiger charge is -2.14. The number of nitriles is 1. The predicted molar refractivity (Wildman–Crippen MR) is 112 cm³/mol. The minimum absolute atomic E-state index is 0.0180. The minimum atomic E-state index is -4.67. The first kappa shape index (κ1) is 24.4. The van der Waals surface area contributed by atoms with E-state index in [2.05, 4.69) is 15.6 Å². The van der Waals surface area contributed by atoms with Gasteiger partial charge < -0.3 is 15.0 Å². The second-order valence-electron chi connectivity index (χ2n) is 6.62. The topological polar surface area (TPSA) is 96.1 Å². The summed E-state index contributed by atoms with van der Waals surface area (Å²) in [4.78, 5) is 22.3. The average Bonchev–Trinajstić information content (AvgIpc) is 2.77. The van der Waals surface area contributed by atoms with Crippen LogP contribution in [0.5, 0.6) is 0 Å². The highest BCUT2D eigenvalue weighted by Gasteiger charge is 2.34. The molecule has 32 heavy (non-hydrogen) atoms. The average molecular weight is 446 g/mol. The first-order valence-corrected chi connectivity index (χ1v) is 9.34. The van der Waals surface area contributed by atoms with Crippen molar-refractivity contribution in [3.63, 3.8) is 0 Å². The molecule has 2 rings (SSSR count). The Morgan fingerprint density at radius 1 is 1.19 bits per heavy atom. The number of oxime groups is 2. The number of nitrogens with one attached hydrogen (secondary N) is 1. The van der Waals surface area contributed by atoms with Crippen molar-refractivity contribution in [2.45, 2.75) is 26.6 Å². The molecule has 10 heteroatoms. The van der Waals surface area contributed by atoms with Crippen LogP contribution >= 0.6 is 0 Å². The number of carbonyl (C=O) groups is 1. The number of aryl methyl sites for hydroxylation is 1. The summed E-state index contributed by atoms with van der Waals surface area (Å²) in [6.07, 6.45) is -4.67. The highest BCUT2D eigenvalue weighted by Crippen LogP contribution is 2.33. The zero-order valence-electron chi connectivity index (χ0n) is 17.9. The van der Waals surface area contributed by atoms with Gasteiger partial charge in [-0.05, 0) is 31.5 Å². The van der Waals surface area contributed by atoms with Gasteiger partial charge in [0.2, 0.25) is 0 Å². The molecule has 0 unspecified atom stereocenters. The molecular formula is C22H21F3N4O3. The third kappa shape index (κ3) is 5.63. The molecule has 7 nitrogen and oxygen atoms in total. The summed E-state index contributed by atoms with van der Waals surface area (Å²) >= 11 is 0. The number of nitrogens with zero attached hydrogens (tertiary/aromatic N) is 3. The van der Waals surface area contributed by atoms with Crippen molar-refractivity contribution in [1.29, 1.82) is 5.26 Å². The van der Waals surface area contributed by atoms with E-state index < -0.39 is 17.6 Å². The number of hydrogen-bond acceptors (Lipinski definition) is 6. The molecule has 0 aliphatic rings. The highest BCUT2D eigenvalue weighted by atomic mass is 19.4. The molecular weight excluding hydrogens is 425 g/mol. The van der Waals surface area contributed by atoms with Gasteiger partial charge in [-0.15, -0.1) is 0 Å². The maximum absolute atomic E-state index is 13.4. The van der Waals surface area contributed by atoms with Crippen LogP contribution in [0.2, 0.25) is 0 Å². The summed E-state index contributed by atoms with van der Waals surface area (Å²) in [5.41, 5.74) is 0.475. The van der Waals surface area contributed by atoms with E-state index in [0.29, 0.717) is 11.1 Å². The Hall–Kier alpha value is -3.87. The summed E-state index contributed by atoms with van der Waals surface area (Å²) < 4.78 is 40.3. The van der Waals surface area contributed by atoms with Crippen LogP contribution in [0.4, 0.5) is 13.2 Å². The molecule has 0 atom stereocenters. The van der Waals surface area contributed by atoms with Gasteiger partial charge in [-0.1, -0.05) is 34.6 Å². The van der Waals surface area contributed by atoms with Gasteiger partial charge in [0.1, 0.15) is 13.7 Å². The Labute approximate surface area is 183 Å². The van der Waals surface area contributed by atoms with E-state index in [9.17, 15) is 18.0 Å². The Kier molecular flexibility index (Phi) is 7.96. The number of rotatable bonds is 7. The summed E-state index contributed by atoms with van der Waals surface area (Å²) in [7, 11) is 2.75. The lowest BCUT2D eigenvalue weighted by atomic mass is 9.98. The van der Waals surface area contributed by atoms with E-state index in [0.717, 1.165) is 11.6 Å². The van der Waals surface area contributed by atoms with E-state index >= 15 is 0 Å². The fourth-order valence-electron chi connectivity index (χ4n) is 2.95. The second kappa shape index (κ2) is 10.4. The van der Waals surface area contributed by atoms with Gasteiger partial charge in [-0.3, -0.25) is 4.79 Å². The summed E-state index contributed by atoms with van der Waals surface area (Å²) in [5.74, 6) is -0.481. The first-order valence-electron chi connectivity index (χ1n) is 9.34. The Bertz CT molecular complexity index is 1100. The van der Waals surface area contributed by atoms with Crippen LogP contribution < -0.4 is 5.32 Å². The molecule has 0 aromatic heterocycles. The van der Waals surface area contributed by atoms with Crippen molar-refractivity contribution >= 4 is 17.3 Å². The normalized spacial score (nSPS) is 12.2. The summed E-state index contributed by atoms with van der Waals surface area (Å²) in [6.45, 7) is 3.03. The molecule has 0 bridgehead atoms. The van der Waals surface area contributed by atoms with Crippen LogP contribution in [-0.2, 0) is 27.3 Å². The van der Waals surface area contributed by atoms with Crippen LogP contribution in [0, 0.1) is 18.3 Å². The van der Waals surface area contributed by atoms with E-state index in [4.69, 9.17) is 14.9 Å². The standard InChI is InChI=1S/C22H21F3N4O3/c1-13-6-5-7-17(20(29-31-4)21(30)27-3)18(13)12-32-28-14(2)16-9-8-15(11-26)10-19(16)22(23,24)25/h5-10H,12H2,1-4H3,(H,27,30)/b28-14+,29-20+. The molecule has 0 saturated carbocycles. The molecule has 0 radical (unpaired) electrons. The van der Waals surface area contributed by atoms with Crippen molar-refractivity contribution < 1.29 is 27.6 Å². The Morgan fingerprint density at radius 3 is 2.50 bits per heavy atom. The molecule has 168 valence electrons. The van der Waals surface area contributed by atoms with Crippen LogP contribution in [0.3, 0.4) is 0 Å². The van der Waals surface area contributed by atoms with E-state index in [1.54, 1.807) is 31.2 Å². The first-order chi connectivity index (χ1) is 15.1. The van der Waals surface area contributed by atoms with Crippen LogP contribution in [-0.4, -0.2) is 31.5 Å². The van der Waals surface area contributed by atoms with Gasteiger partial charge >= 0.3 is 6.18 Å². The number of carbonyl (C=O) groups excluding carboxylic acids is 1. The van der Waals surface area contributed by atoms with E-state index in [-0.39, 0.29) is 29.2 Å². The van der Waals surface area contributed by atoms with Crippen molar-refractivity contribution in [1.82, 2.24) is 5.32 Å². The van der Waals surface area contributed by atoms with Crippen LogP contribution in [0.25, 0.3) is 0 Å². The third-order valence-corrected chi connectivity index (χ3v) is 4.54. The van der Waals surface area contributed by atoms with Gasteiger partial charge in [0.15, 0.2) is 5.71 Å². The Balaban J connectivity index is 2.38. The fourth-order valence-corrected chi connectivity index (χ4v) is 2.95. The van der Waals surface area contributed by atoms with Crippen molar-refractivity contribution in [3.05, 3.63) is 69.8 Å². The second-order valence-corrected chi connectivity index (χ2v) is 6.62. The maximum Gasteiger partial charge on any atom is 0.417 e. The van der Waals surface area contributed by atoms with Crippen LogP contribution in [0.1, 0.15) is 40.3 Å². The lowest BCUT2D eigenvalue weighted by molar-refractivity contribution is -0.137. The number of alkyl halides is 3. The van der Waals surface area contributed by atoms with Gasteiger partial charge in [-0.25, -0.2) is 0 Å². The highest BCUT2D eigenvalue weighted by molar-refractivity contribution is 6.45. The SMILES string of the molecule is CNC(=O)/C(=N/OC)c1cccc(C)c1CO/N=C(\C)c1ccc(C#N)cc1C(F)(F)F. The van der Waals surface area contributed by atoms with E-state index in [1.807, 2.05) is 0 Å². The van der Waals surface area contributed by atoms with Crippen molar-refractivity contribution in [3.8, 4) is 6.07 Å². The molecule has 0 saturated heterocycles. The number of halogens is 3. The molecule has 0 heterocycles. The molecule has 2 aromatic carbocycles. The fraction of sp³-hybridized carbons (Fsp3) is 0.273. The van der Waals surface area contributed by atoms with E-state index in [1.165, 1.54) is 33.2 Å². The van der Waals surface area contributed by atoms with Crippen LogP contribution in [0.15, 0.2) is 46.7 Å². The molecule has 1 amide bonds. The third-order valence-electron chi connectivity index (χ3n) is 4.54. The van der Waals surface area contributed by atoms with Gasteiger partial charge in [-0.2, -0.15) is 18.4 Å². The number of benzene rings is 2. The smallest absolute Gasteiger partial charge is 0.398 e. The Morgan fingerprint density at radius 2 is 1.91 bits per heavy atom. The van der Waals surface area contributed by atoms with Crippen molar-refractivity contribution in [2.24, 2.45) is 10.3 Å². The van der Waals surface area contributed by atoms with Gasteiger partial charge in [0.25, 0.3) is 5.91 Å². The number of likely N-dealkylation sites (N-methyl/N-ethyl adjacent to an activating group) is 1. The summed E-state index contributed by atoms with van der Waals surface area (Å²) in [6, 6.07) is 10.1. The quantitative estimate of drug-likeness (QED) is 0.515. The van der Waals surface area contributed by atoms with Crippen molar-refractivity contribution in [2.75, 3.05) is 14.2 Å². The molecule has 0 fully saturated rings. The summed E-state index contributed by atoms with van der Waals surface area (Å²) in [5, 5.41) is 19.0. The molecule has 1 N–H and O–H groups in total. The molecule has 0 spiro atoms. The monoisotopic (exact) mass is 446 g/mol. The largest absolute Gasteiger partial charge is 0.417 e. The predicted octanol–water partition coefficient (Wildman–Crippen LogP) is 3.92. The maximum atomic E-state index is 13.4.